The molecule has 0 fully saturated rings. The summed E-state index contributed by atoms with van der Waals surface area (Å²) in [6, 6.07) is 16.3. The minimum Gasteiger partial charge on any atom is -0.379 e. The van der Waals surface area contributed by atoms with Gasteiger partial charge in [0.05, 0.1) is 64.9 Å². The van der Waals surface area contributed by atoms with Crippen molar-refractivity contribution in [3.63, 3.8) is 0 Å². The summed E-state index contributed by atoms with van der Waals surface area (Å²) in [5.41, 5.74) is 6.74. The molecule has 2 aromatic rings. The molecule has 2 aliphatic rings. The zero-order valence-electron chi connectivity index (χ0n) is 30.8. The largest absolute Gasteiger partial charge is 0.379 e. The Kier molecular flexibility index (Phi) is 15.7. The molecule has 0 bridgehead atoms. The maximum atomic E-state index is 13.9. The summed E-state index contributed by atoms with van der Waals surface area (Å²) in [6.45, 7) is 11.8. The molecule has 0 aromatic heterocycles. The second-order valence-corrected chi connectivity index (χ2v) is 14.0. The number of hydrogen-bond donors (Lipinski definition) is 1. The van der Waals surface area contributed by atoms with E-state index in [0.717, 1.165) is 29.7 Å². The van der Waals surface area contributed by atoms with Crippen LogP contribution in [0.15, 0.2) is 48.5 Å². The average molecular weight is 702 g/mol. The van der Waals surface area contributed by atoms with Crippen molar-refractivity contribution in [1.29, 1.82) is 0 Å². The number of hydrogen-bond acceptors (Lipinski definition) is 7. The second-order valence-electron chi connectivity index (χ2n) is 14.0. The van der Waals surface area contributed by atoms with Gasteiger partial charge in [0.15, 0.2) is 0 Å². The summed E-state index contributed by atoms with van der Waals surface area (Å²) in [4.78, 5) is 42.8. The number of amides is 3. The quantitative estimate of drug-likeness (QED) is 0.128. The van der Waals surface area contributed by atoms with Crippen LogP contribution in [0.4, 0.5) is 5.69 Å². The van der Waals surface area contributed by atoms with Gasteiger partial charge in [-0.05, 0) is 60.9 Å². The van der Waals surface area contributed by atoms with Gasteiger partial charge in [-0.1, -0.05) is 62.2 Å². The van der Waals surface area contributed by atoms with Gasteiger partial charge in [0, 0.05) is 37.0 Å². The van der Waals surface area contributed by atoms with E-state index in [9.17, 15) is 14.4 Å². The van der Waals surface area contributed by atoms with Crippen LogP contribution in [0.5, 0.6) is 0 Å². The fourth-order valence-corrected chi connectivity index (χ4v) is 6.61. The molecule has 3 amide bonds. The average Bonchev–Trinajstić information content (AvgIpc) is 3.88. The van der Waals surface area contributed by atoms with Crippen molar-refractivity contribution in [2.75, 3.05) is 70.8 Å². The van der Waals surface area contributed by atoms with Crippen molar-refractivity contribution < 1.29 is 33.3 Å². The Morgan fingerprint density at radius 3 is 2.16 bits per heavy atom. The third kappa shape index (κ3) is 12.9. The third-order valence-electron chi connectivity index (χ3n) is 8.80. The molecule has 2 aromatic carbocycles. The van der Waals surface area contributed by atoms with Crippen LogP contribution >= 0.6 is 0 Å². The van der Waals surface area contributed by atoms with Crippen LogP contribution in [0.3, 0.4) is 0 Å². The van der Waals surface area contributed by atoms with E-state index >= 15 is 0 Å². The number of nitrogens with zero attached hydrogens (tertiary/aromatic N) is 2. The molecule has 0 atom stereocenters. The topological polar surface area (TPSA) is 107 Å². The van der Waals surface area contributed by atoms with Crippen LogP contribution in [0.25, 0.3) is 11.1 Å². The SMILES string of the molecule is C#CCOCCN(CCC(=O)N1Cc2ccccc2C2=C(C2)c2ccccc21)C(=O)CCOCCOCCOCCC(=O)NC(C)(C)CC(C)C. The van der Waals surface area contributed by atoms with Gasteiger partial charge < -0.3 is 34.1 Å². The molecule has 0 radical (unpaired) electrons. The highest BCUT2D eigenvalue weighted by atomic mass is 16.5. The lowest BCUT2D eigenvalue weighted by Gasteiger charge is -2.28. The fraction of sp³-hybridized carbons (Fsp3) is 0.537. The van der Waals surface area contributed by atoms with Gasteiger partial charge in [-0.2, -0.15) is 0 Å². The zero-order chi connectivity index (χ0) is 36.6. The van der Waals surface area contributed by atoms with Gasteiger partial charge in [0.25, 0.3) is 0 Å². The van der Waals surface area contributed by atoms with Crippen molar-refractivity contribution in [2.45, 2.75) is 71.9 Å². The Balaban J connectivity index is 1.17. The van der Waals surface area contributed by atoms with Crippen molar-refractivity contribution in [1.82, 2.24) is 10.2 Å². The first-order chi connectivity index (χ1) is 24.6. The van der Waals surface area contributed by atoms with Crippen molar-refractivity contribution in [3.05, 3.63) is 65.2 Å². The number of fused-ring (bicyclic) bond motifs is 4. The molecule has 10 nitrogen and oxygen atoms in total. The number of carbonyl (C=O) groups is 3. The highest BCUT2D eigenvalue weighted by Gasteiger charge is 2.33. The van der Waals surface area contributed by atoms with Crippen molar-refractivity contribution in [3.8, 4) is 12.3 Å². The van der Waals surface area contributed by atoms with Gasteiger partial charge in [0.1, 0.15) is 6.61 Å². The Bertz CT molecular complexity index is 1540. The first-order valence-electron chi connectivity index (χ1n) is 18.1. The van der Waals surface area contributed by atoms with E-state index in [0.29, 0.717) is 58.5 Å². The molecule has 0 spiro atoms. The van der Waals surface area contributed by atoms with E-state index in [4.69, 9.17) is 25.4 Å². The highest BCUT2D eigenvalue weighted by molar-refractivity contribution is 6.12. The summed E-state index contributed by atoms with van der Waals surface area (Å²) in [5, 5.41) is 3.06. The molecule has 0 saturated heterocycles. The number of rotatable bonds is 22. The van der Waals surface area contributed by atoms with E-state index in [-0.39, 0.29) is 62.5 Å². The van der Waals surface area contributed by atoms with E-state index in [2.05, 4.69) is 43.3 Å². The van der Waals surface area contributed by atoms with Crippen LogP contribution < -0.4 is 10.2 Å². The smallest absolute Gasteiger partial charge is 0.229 e. The molecule has 1 N–H and O–H groups in total. The number of para-hydroxylation sites is 1. The molecular formula is C41H55N3O7. The van der Waals surface area contributed by atoms with Gasteiger partial charge in [-0.3, -0.25) is 14.4 Å². The number of ether oxygens (including phenoxy) is 4. The summed E-state index contributed by atoms with van der Waals surface area (Å²) < 4.78 is 22.2. The van der Waals surface area contributed by atoms with Crippen LogP contribution in [0.2, 0.25) is 0 Å². The Hall–Kier alpha value is -4.01. The minimum absolute atomic E-state index is 0.0194. The van der Waals surface area contributed by atoms with Gasteiger partial charge in [-0.15, -0.1) is 6.42 Å². The molecule has 1 aliphatic heterocycles. The fourth-order valence-electron chi connectivity index (χ4n) is 6.61. The zero-order valence-corrected chi connectivity index (χ0v) is 30.8. The summed E-state index contributed by atoms with van der Waals surface area (Å²) >= 11 is 0. The standard InChI is InChI=1S/C41H55N3O7/c1-6-20-48-23-19-43(39(46)17-22-50-25-27-51-26-24-49-21-16-38(45)42-41(4,5)29-31(2)3)18-15-40(47)44-30-32-11-7-8-12-33(32)35-28-36(35)34-13-9-10-14-37(34)44/h1,7-14,31H,15-30H2,2-5H3,(H,42,45). The molecule has 0 unspecified atom stereocenters. The lowest BCUT2D eigenvalue weighted by Crippen LogP contribution is -2.44. The van der Waals surface area contributed by atoms with Crippen molar-refractivity contribution in [2.24, 2.45) is 5.92 Å². The lowest BCUT2D eigenvalue weighted by atomic mass is 9.92. The molecule has 51 heavy (non-hydrogen) atoms. The number of terminal acetylenes is 1. The van der Waals surface area contributed by atoms with Crippen LogP contribution in [-0.4, -0.2) is 94.1 Å². The van der Waals surface area contributed by atoms with Gasteiger partial charge in [0.2, 0.25) is 17.7 Å². The first kappa shape index (κ1) is 39.8. The predicted octanol–water partition coefficient (Wildman–Crippen LogP) is 5.49. The van der Waals surface area contributed by atoms with Gasteiger partial charge >= 0.3 is 0 Å². The predicted molar refractivity (Wildman–Crippen MR) is 200 cm³/mol. The maximum absolute atomic E-state index is 13.9. The molecule has 1 aliphatic carbocycles. The van der Waals surface area contributed by atoms with Crippen LogP contribution in [0.1, 0.15) is 76.5 Å². The Labute approximate surface area is 303 Å². The minimum atomic E-state index is -0.237. The number of anilines is 1. The van der Waals surface area contributed by atoms with Crippen molar-refractivity contribution >= 4 is 34.6 Å². The number of nitrogens with one attached hydrogen (secondary N) is 1. The molecular weight excluding hydrogens is 646 g/mol. The second kappa shape index (κ2) is 20.1. The third-order valence-corrected chi connectivity index (χ3v) is 8.80. The maximum Gasteiger partial charge on any atom is 0.229 e. The van der Waals surface area contributed by atoms with Crippen LogP contribution in [0, 0.1) is 18.3 Å². The number of allylic oxidation sites excluding steroid dienone is 2. The van der Waals surface area contributed by atoms with E-state index in [1.165, 1.54) is 16.7 Å². The van der Waals surface area contributed by atoms with E-state index < -0.39 is 0 Å². The normalized spacial score (nSPS) is 13.5. The Morgan fingerprint density at radius 1 is 0.824 bits per heavy atom. The molecule has 1 heterocycles. The summed E-state index contributed by atoms with van der Waals surface area (Å²) in [6.07, 6.45) is 7.80. The van der Waals surface area contributed by atoms with E-state index in [1.54, 1.807) is 4.90 Å². The van der Waals surface area contributed by atoms with Crippen LogP contribution in [-0.2, 0) is 39.9 Å². The molecule has 0 saturated carbocycles. The number of carbonyl (C=O) groups excluding carboxylic acids is 3. The van der Waals surface area contributed by atoms with Gasteiger partial charge in [-0.25, -0.2) is 0 Å². The van der Waals surface area contributed by atoms with E-state index in [1.807, 2.05) is 49.1 Å². The molecule has 10 heteroatoms. The lowest BCUT2D eigenvalue weighted by molar-refractivity contribution is -0.133. The molecule has 276 valence electrons. The monoisotopic (exact) mass is 701 g/mol. The number of benzene rings is 2. The summed E-state index contributed by atoms with van der Waals surface area (Å²) in [5.74, 6) is 2.76. The highest BCUT2D eigenvalue weighted by Crippen LogP contribution is 2.52. The summed E-state index contributed by atoms with van der Waals surface area (Å²) in [7, 11) is 0. The Morgan fingerprint density at radius 2 is 1.45 bits per heavy atom. The first-order valence-corrected chi connectivity index (χ1v) is 18.1. The molecule has 4 rings (SSSR count).